The van der Waals surface area contributed by atoms with Gasteiger partial charge in [-0.2, -0.15) is 0 Å². The number of fused-ring (bicyclic) bond motifs is 1. The number of aliphatic carboxylic acids is 1. The van der Waals surface area contributed by atoms with Crippen LogP contribution in [0.15, 0.2) is 24.3 Å². The summed E-state index contributed by atoms with van der Waals surface area (Å²) < 4.78 is 10.4. The number of hydrogen-bond acceptors (Lipinski definition) is 6. The fourth-order valence-corrected chi connectivity index (χ4v) is 1.78. The van der Waals surface area contributed by atoms with E-state index >= 15 is 0 Å². The first kappa shape index (κ1) is 13.9. The number of hydrogen-bond donors (Lipinski definition) is 2. The standard InChI is InChI=1S/C13H14N2O5/c1-3-15(14)9-5-11-10(19-6-20-11)4-8(9)12(16)7(2)13(17)18/h4-5H,2-3,6,14H2,1H3,(H,17,18). The summed E-state index contributed by atoms with van der Waals surface area (Å²) in [5, 5.41) is 10.2. The molecule has 0 spiro atoms. The summed E-state index contributed by atoms with van der Waals surface area (Å²) in [5.41, 5.74) is -0.0511. The molecule has 0 bridgehead atoms. The number of nitrogens with zero attached hydrogens (tertiary/aromatic N) is 1. The van der Waals surface area contributed by atoms with Gasteiger partial charge in [-0.05, 0) is 13.0 Å². The average Bonchev–Trinajstić information content (AvgIpc) is 2.90. The Kier molecular flexibility index (Phi) is 3.62. The van der Waals surface area contributed by atoms with Gasteiger partial charge in [0.15, 0.2) is 11.5 Å². The largest absolute Gasteiger partial charge is 0.478 e. The molecule has 7 heteroatoms. The Morgan fingerprint density at radius 2 is 2.00 bits per heavy atom. The lowest BCUT2D eigenvalue weighted by molar-refractivity contribution is -0.132. The molecule has 0 atom stereocenters. The van der Waals surface area contributed by atoms with Crippen LogP contribution in [0, 0.1) is 0 Å². The van der Waals surface area contributed by atoms with E-state index in [9.17, 15) is 9.59 Å². The molecule has 0 radical (unpaired) electrons. The summed E-state index contributed by atoms with van der Waals surface area (Å²) in [7, 11) is 0. The topological polar surface area (TPSA) is 102 Å². The molecule has 0 aromatic heterocycles. The van der Waals surface area contributed by atoms with Crippen molar-refractivity contribution in [3.63, 3.8) is 0 Å². The number of hydrazine groups is 1. The molecule has 0 saturated carbocycles. The molecule has 7 nitrogen and oxygen atoms in total. The summed E-state index contributed by atoms with van der Waals surface area (Å²) in [5.74, 6) is 4.56. The van der Waals surface area contributed by atoms with E-state index in [2.05, 4.69) is 6.58 Å². The maximum atomic E-state index is 12.2. The van der Waals surface area contributed by atoms with Crippen LogP contribution in [0.1, 0.15) is 17.3 Å². The molecule has 1 aliphatic heterocycles. The zero-order chi connectivity index (χ0) is 14.9. The molecule has 0 saturated heterocycles. The number of benzene rings is 1. The lowest BCUT2D eigenvalue weighted by atomic mass is 10.0. The number of carboxylic acid groups (broad SMARTS) is 1. The highest BCUT2D eigenvalue weighted by Crippen LogP contribution is 2.38. The van der Waals surface area contributed by atoms with Crippen LogP contribution in [0.25, 0.3) is 0 Å². The van der Waals surface area contributed by atoms with Crippen molar-refractivity contribution in [2.75, 3.05) is 18.3 Å². The molecule has 1 aromatic carbocycles. The Labute approximate surface area is 115 Å². The highest BCUT2D eigenvalue weighted by atomic mass is 16.7. The van der Waals surface area contributed by atoms with Gasteiger partial charge in [-0.15, -0.1) is 0 Å². The molecule has 0 unspecified atom stereocenters. The fourth-order valence-electron chi connectivity index (χ4n) is 1.78. The summed E-state index contributed by atoms with van der Waals surface area (Å²) in [4.78, 5) is 23.0. The highest BCUT2D eigenvalue weighted by Gasteiger charge is 2.26. The van der Waals surface area contributed by atoms with E-state index in [-0.39, 0.29) is 12.4 Å². The molecular formula is C13H14N2O5. The third-order valence-corrected chi connectivity index (χ3v) is 2.92. The fraction of sp³-hybridized carbons (Fsp3) is 0.231. The van der Waals surface area contributed by atoms with Gasteiger partial charge in [-0.3, -0.25) is 4.79 Å². The minimum Gasteiger partial charge on any atom is -0.478 e. The van der Waals surface area contributed by atoms with Gasteiger partial charge in [-0.25, -0.2) is 10.6 Å². The third kappa shape index (κ3) is 2.30. The summed E-state index contributed by atoms with van der Waals surface area (Å²) in [6.07, 6.45) is 0. The van der Waals surface area contributed by atoms with Crippen molar-refractivity contribution in [2.45, 2.75) is 6.92 Å². The summed E-state index contributed by atoms with van der Waals surface area (Å²) in [6, 6.07) is 2.97. The maximum absolute atomic E-state index is 12.2. The Morgan fingerprint density at radius 3 is 2.55 bits per heavy atom. The van der Waals surface area contributed by atoms with E-state index in [1.807, 2.05) is 0 Å². The Morgan fingerprint density at radius 1 is 1.40 bits per heavy atom. The minimum absolute atomic E-state index is 0.0446. The Hall–Kier alpha value is -2.54. The van der Waals surface area contributed by atoms with E-state index in [1.165, 1.54) is 11.1 Å². The second kappa shape index (κ2) is 5.22. The molecule has 20 heavy (non-hydrogen) atoms. The lowest BCUT2D eigenvalue weighted by Crippen LogP contribution is -2.32. The van der Waals surface area contributed by atoms with Crippen molar-refractivity contribution in [3.05, 3.63) is 29.8 Å². The molecule has 0 fully saturated rings. The molecule has 3 N–H and O–H groups in total. The SMILES string of the molecule is C=C(C(=O)O)C(=O)c1cc2c(cc1N(N)CC)OCO2. The van der Waals surface area contributed by atoms with Crippen molar-refractivity contribution in [2.24, 2.45) is 5.84 Å². The van der Waals surface area contributed by atoms with E-state index in [0.29, 0.717) is 23.7 Å². The van der Waals surface area contributed by atoms with Gasteiger partial charge in [0.05, 0.1) is 11.3 Å². The van der Waals surface area contributed by atoms with Crippen LogP contribution in [0.5, 0.6) is 11.5 Å². The number of Topliss-reactive ketones (excluding diaryl/α,β-unsaturated/α-hetero) is 1. The van der Waals surface area contributed by atoms with Crippen molar-refractivity contribution in [1.29, 1.82) is 0 Å². The second-order valence-electron chi connectivity index (χ2n) is 4.12. The zero-order valence-electron chi connectivity index (χ0n) is 10.9. The van der Waals surface area contributed by atoms with E-state index in [4.69, 9.17) is 20.4 Å². The summed E-state index contributed by atoms with van der Waals surface area (Å²) in [6.45, 7) is 5.54. The normalized spacial score (nSPS) is 12.1. The number of ether oxygens (including phenoxy) is 2. The van der Waals surface area contributed by atoms with Crippen LogP contribution in [-0.4, -0.2) is 30.2 Å². The Bertz CT molecular complexity index is 597. The number of carboxylic acids is 1. The zero-order valence-corrected chi connectivity index (χ0v) is 10.9. The van der Waals surface area contributed by atoms with Crippen LogP contribution < -0.4 is 20.3 Å². The summed E-state index contributed by atoms with van der Waals surface area (Å²) >= 11 is 0. The third-order valence-electron chi connectivity index (χ3n) is 2.92. The first-order valence-corrected chi connectivity index (χ1v) is 5.88. The average molecular weight is 278 g/mol. The molecule has 0 aliphatic carbocycles. The van der Waals surface area contributed by atoms with Crippen molar-refractivity contribution in [1.82, 2.24) is 0 Å². The van der Waals surface area contributed by atoms with Gasteiger partial charge in [0.1, 0.15) is 5.57 Å². The smallest absolute Gasteiger partial charge is 0.339 e. The minimum atomic E-state index is -1.38. The first-order chi connectivity index (χ1) is 9.45. The number of anilines is 1. The second-order valence-corrected chi connectivity index (χ2v) is 4.12. The molecule has 106 valence electrons. The highest BCUT2D eigenvalue weighted by molar-refractivity contribution is 6.25. The number of rotatable bonds is 5. The number of ketones is 1. The molecule has 1 aromatic rings. The quantitative estimate of drug-likeness (QED) is 0.206. The predicted molar refractivity (Wildman–Crippen MR) is 70.9 cm³/mol. The maximum Gasteiger partial charge on any atom is 0.339 e. The molecule has 2 rings (SSSR count). The monoisotopic (exact) mass is 278 g/mol. The van der Waals surface area contributed by atoms with Crippen LogP contribution >= 0.6 is 0 Å². The Balaban J connectivity index is 2.53. The molecular weight excluding hydrogens is 264 g/mol. The van der Waals surface area contributed by atoms with Crippen molar-refractivity contribution >= 4 is 17.4 Å². The van der Waals surface area contributed by atoms with E-state index in [1.54, 1.807) is 13.0 Å². The van der Waals surface area contributed by atoms with Gasteiger partial charge in [0.2, 0.25) is 12.6 Å². The van der Waals surface area contributed by atoms with Gasteiger partial charge in [-0.1, -0.05) is 6.58 Å². The lowest BCUT2D eigenvalue weighted by Gasteiger charge is -2.20. The molecule has 1 aliphatic rings. The van der Waals surface area contributed by atoms with Crippen molar-refractivity contribution in [3.8, 4) is 11.5 Å². The van der Waals surface area contributed by atoms with Crippen LogP contribution in [0.2, 0.25) is 0 Å². The van der Waals surface area contributed by atoms with Gasteiger partial charge < -0.3 is 19.6 Å². The van der Waals surface area contributed by atoms with Crippen LogP contribution in [-0.2, 0) is 4.79 Å². The van der Waals surface area contributed by atoms with E-state index in [0.717, 1.165) is 0 Å². The first-order valence-electron chi connectivity index (χ1n) is 5.88. The van der Waals surface area contributed by atoms with Gasteiger partial charge in [0.25, 0.3) is 0 Å². The molecule has 1 heterocycles. The van der Waals surface area contributed by atoms with Crippen molar-refractivity contribution < 1.29 is 24.2 Å². The predicted octanol–water partition coefficient (Wildman–Crippen LogP) is 0.939. The number of carbonyl (C=O) groups excluding carboxylic acids is 1. The number of nitrogens with two attached hydrogens (primary N) is 1. The number of carbonyl (C=O) groups is 2. The molecule has 0 amide bonds. The van der Waals surface area contributed by atoms with E-state index < -0.39 is 17.3 Å². The van der Waals surface area contributed by atoms with Crippen LogP contribution in [0.4, 0.5) is 5.69 Å². The van der Waals surface area contributed by atoms with Gasteiger partial charge >= 0.3 is 5.97 Å². The van der Waals surface area contributed by atoms with Gasteiger partial charge in [0, 0.05) is 12.6 Å². The van der Waals surface area contributed by atoms with Crippen LogP contribution in [0.3, 0.4) is 0 Å².